The number of non-ortho nitro benzene ring substituents is 1. The summed E-state index contributed by atoms with van der Waals surface area (Å²) in [5.41, 5.74) is -0.273. The number of nitro groups is 1. The molecular weight excluding hydrogens is 402 g/mol. The van der Waals surface area contributed by atoms with Crippen LogP contribution in [0.25, 0.3) is 0 Å². The lowest BCUT2D eigenvalue weighted by Crippen LogP contribution is -2.41. The minimum Gasteiger partial charge on any atom is -0.355 e. The highest BCUT2D eigenvalue weighted by Crippen LogP contribution is 2.17. The van der Waals surface area contributed by atoms with E-state index in [-0.39, 0.29) is 17.1 Å². The van der Waals surface area contributed by atoms with Crippen molar-refractivity contribution in [2.45, 2.75) is 24.8 Å². The summed E-state index contributed by atoms with van der Waals surface area (Å²) < 4.78 is 26.9. The molecule has 0 spiro atoms. The molecule has 0 saturated heterocycles. The maximum Gasteiger partial charge on any atom is 0.270 e. The predicted molar refractivity (Wildman–Crippen MR) is 110 cm³/mol. The third kappa shape index (κ3) is 6.29. The molecule has 0 fully saturated rings. The molecule has 0 aliphatic heterocycles. The quantitative estimate of drug-likeness (QED) is 0.185. The molecule has 0 amide bonds. The summed E-state index contributed by atoms with van der Waals surface area (Å²) >= 11 is 1.73. The van der Waals surface area contributed by atoms with Gasteiger partial charge in [0.05, 0.1) is 16.4 Å². The number of hydrogen-bond acceptors (Lipinski definition) is 6. The zero-order valence-corrected chi connectivity index (χ0v) is 17.3. The molecule has 0 unspecified atom stereocenters. The van der Waals surface area contributed by atoms with Crippen LogP contribution >= 0.6 is 11.3 Å². The van der Waals surface area contributed by atoms with E-state index in [2.05, 4.69) is 39.4 Å². The van der Waals surface area contributed by atoms with Crippen molar-refractivity contribution in [3.05, 3.63) is 56.3 Å². The van der Waals surface area contributed by atoms with Gasteiger partial charge in [0.25, 0.3) is 5.69 Å². The average Bonchev–Trinajstić information content (AvgIpc) is 3.15. The standard InChI is InChI=1S/C17H23N5O4S2/c1-3-14-7-8-15(27-14)12-20-17(18-2)19-9-10-21-28(25,26)16-6-4-5-13(11-16)22(23)24/h4-8,11,21H,3,9-10,12H2,1-2H3,(H2,18,19,20). The van der Waals surface area contributed by atoms with Gasteiger partial charge in [-0.05, 0) is 24.6 Å². The lowest BCUT2D eigenvalue weighted by atomic mass is 10.3. The number of rotatable bonds is 9. The zero-order chi connectivity index (χ0) is 20.6. The van der Waals surface area contributed by atoms with E-state index >= 15 is 0 Å². The maximum atomic E-state index is 12.3. The lowest BCUT2D eigenvalue weighted by molar-refractivity contribution is -0.385. The number of aliphatic imine (C=N–C) groups is 1. The Hall–Kier alpha value is -2.50. The third-order valence-corrected chi connectivity index (χ3v) is 6.46. The second-order valence-electron chi connectivity index (χ2n) is 5.73. The molecule has 9 nitrogen and oxygen atoms in total. The van der Waals surface area contributed by atoms with Crippen LogP contribution < -0.4 is 15.4 Å². The summed E-state index contributed by atoms with van der Waals surface area (Å²) in [6.45, 7) is 3.14. The van der Waals surface area contributed by atoms with Gasteiger partial charge in [-0.1, -0.05) is 13.0 Å². The van der Waals surface area contributed by atoms with Crippen LogP contribution in [0.4, 0.5) is 5.69 Å². The van der Waals surface area contributed by atoms with Gasteiger partial charge < -0.3 is 10.6 Å². The number of sulfonamides is 1. The highest BCUT2D eigenvalue weighted by Gasteiger charge is 2.17. The molecule has 0 aliphatic carbocycles. The summed E-state index contributed by atoms with van der Waals surface area (Å²) in [5.74, 6) is 0.556. The molecule has 1 heterocycles. The molecule has 0 bridgehead atoms. The van der Waals surface area contributed by atoms with E-state index in [9.17, 15) is 18.5 Å². The first kappa shape index (κ1) is 21.8. The van der Waals surface area contributed by atoms with Crippen LogP contribution in [-0.4, -0.2) is 39.4 Å². The van der Waals surface area contributed by atoms with Gasteiger partial charge in [0.1, 0.15) is 0 Å². The topological polar surface area (TPSA) is 126 Å². The molecule has 0 atom stereocenters. The summed E-state index contributed by atoms with van der Waals surface area (Å²) in [6.07, 6.45) is 1.00. The van der Waals surface area contributed by atoms with Gasteiger partial charge in [0.15, 0.2) is 5.96 Å². The maximum absolute atomic E-state index is 12.3. The molecule has 2 rings (SSSR count). The summed E-state index contributed by atoms with van der Waals surface area (Å²) in [6, 6.07) is 9.09. The number of nitrogens with zero attached hydrogens (tertiary/aromatic N) is 2. The van der Waals surface area contributed by atoms with E-state index in [1.54, 1.807) is 18.4 Å². The molecule has 152 valence electrons. The van der Waals surface area contributed by atoms with Crippen LogP contribution in [0.1, 0.15) is 16.7 Å². The molecule has 1 aromatic heterocycles. The van der Waals surface area contributed by atoms with Crippen LogP contribution in [0.5, 0.6) is 0 Å². The Bertz CT molecular complexity index is 941. The number of nitro benzene ring substituents is 1. The number of benzene rings is 1. The van der Waals surface area contributed by atoms with Crippen LogP contribution in [0.2, 0.25) is 0 Å². The van der Waals surface area contributed by atoms with Crippen molar-refractivity contribution in [1.82, 2.24) is 15.4 Å². The zero-order valence-electron chi connectivity index (χ0n) is 15.6. The fourth-order valence-electron chi connectivity index (χ4n) is 2.31. The van der Waals surface area contributed by atoms with E-state index in [1.807, 2.05) is 0 Å². The minimum atomic E-state index is -3.83. The van der Waals surface area contributed by atoms with Crippen molar-refractivity contribution in [3.8, 4) is 0 Å². The van der Waals surface area contributed by atoms with Gasteiger partial charge in [-0.15, -0.1) is 11.3 Å². The van der Waals surface area contributed by atoms with Crippen LogP contribution in [0, 0.1) is 10.1 Å². The number of nitrogens with one attached hydrogen (secondary N) is 3. The molecule has 0 saturated carbocycles. The number of guanidine groups is 1. The molecule has 11 heteroatoms. The Balaban J connectivity index is 1.81. The second kappa shape index (κ2) is 10.2. The van der Waals surface area contributed by atoms with E-state index in [4.69, 9.17) is 0 Å². The molecule has 28 heavy (non-hydrogen) atoms. The summed E-state index contributed by atoms with van der Waals surface area (Å²) in [7, 11) is -2.20. The Morgan fingerprint density at radius 3 is 2.57 bits per heavy atom. The first-order valence-corrected chi connectivity index (χ1v) is 10.9. The highest BCUT2D eigenvalue weighted by molar-refractivity contribution is 7.89. The van der Waals surface area contributed by atoms with Gasteiger partial charge in [-0.25, -0.2) is 13.1 Å². The number of hydrogen-bond donors (Lipinski definition) is 3. The van der Waals surface area contributed by atoms with Crippen LogP contribution in [-0.2, 0) is 23.0 Å². The number of thiophene rings is 1. The van der Waals surface area contributed by atoms with Gasteiger partial charge >= 0.3 is 0 Å². The fraction of sp³-hybridized carbons (Fsp3) is 0.353. The lowest BCUT2D eigenvalue weighted by Gasteiger charge is -2.12. The third-order valence-electron chi connectivity index (χ3n) is 3.77. The molecular formula is C17H23N5O4S2. The van der Waals surface area contributed by atoms with Crippen molar-refractivity contribution in [1.29, 1.82) is 0 Å². The fourth-order valence-corrected chi connectivity index (χ4v) is 4.28. The summed E-state index contributed by atoms with van der Waals surface area (Å²) in [4.78, 5) is 16.6. The van der Waals surface area contributed by atoms with Crippen molar-refractivity contribution in [3.63, 3.8) is 0 Å². The second-order valence-corrected chi connectivity index (χ2v) is 8.75. The average molecular weight is 426 g/mol. The van der Waals surface area contributed by atoms with E-state index in [0.29, 0.717) is 19.0 Å². The highest BCUT2D eigenvalue weighted by atomic mass is 32.2. The normalized spacial score (nSPS) is 12.0. The SMILES string of the molecule is CCc1ccc(CNC(=NC)NCCNS(=O)(=O)c2cccc([N+](=O)[O-])c2)s1. The van der Waals surface area contributed by atoms with Gasteiger partial charge in [-0.2, -0.15) is 0 Å². The molecule has 3 N–H and O–H groups in total. The summed E-state index contributed by atoms with van der Waals surface area (Å²) in [5, 5.41) is 17.0. The largest absolute Gasteiger partial charge is 0.355 e. The van der Waals surface area contributed by atoms with Crippen molar-refractivity contribution < 1.29 is 13.3 Å². The van der Waals surface area contributed by atoms with Crippen molar-refractivity contribution >= 4 is 33.0 Å². The van der Waals surface area contributed by atoms with Crippen molar-refractivity contribution in [2.24, 2.45) is 4.99 Å². The first-order chi connectivity index (χ1) is 13.4. The first-order valence-electron chi connectivity index (χ1n) is 8.62. The van der Waals surface area contributed by atoms with Crippen molar-refractivity contribution in [2.75, 3.05) is 20.1 Å². The minimum absolute atomic E-state index is 0.102. The Morgan fingerprint density at radius 2 is 1.93 bits per heavy atom. The predicted octanol–water partition coefficient (Wildman–Crippen LogP) is 1.86. The molecule has 0 radical (unpaired) electrons. The Kier molecular flexibility index (Phi) is 7.91. The van der Waals surface area contributed by atoms with E-state index in [1.165, 1.54) is 28.0 Å². The van der Waals surface area contributed by atoms with Crippen LogP contribution in [0.15, 0.2) is 46.3 Å². The molecule has 0 aliphatic rings. The molecule has 2 aromatic rings. The van der Waals surface area contributed by atoms with Gasteiger partial charge in [0, 0.05) is 42.0 Å². The monoisotopic (exact) mass is 425 g/mol. The Labute approximate surface area is 168 Å². The van der Waals surface area contributed by atoms with Crippen LogP contribution in [0.3, 0.4) is 0 Å². The van der Waals surface area contributed by atoms with E-state index < -0.39 is 14.9 Å². The molecule has 1 aromatic carbocycles. The van der Waals surface area contributed by atoms with E-state index in [0.717, 1.165) is 12.5 Å². The smallest absolute Gasteiger partial charge is 0.270 e. The van der Waals surface area contributed by atoms with Gasteiger partial charge in [-0.3, -0.25) is 15.1 Å². The van der Waals surface area contributed by atoms with Gasteiger partial charge in [0.2, 0.25) is 10.0 Å². The number of aryl methyl sites for hydroxylation is 1. The Morgan fingerprint density at radius 1 is 1.18 bits per heavy atom.